The smallest absolute Gasteiger partial charge is 0.309 e. The van der Waals surface area contributed by atoms with Crippen LogP contribution in [0.3, 0.4) is 0 Å². The van der Waals surface area contributed by atoms with Crippen molar-refractivity contribution < 1.29 is 24.1 Å². The van der Waals surface area contributed by atoms with Gasteiger partial charge in [-0.1, -0.05) is 42.5 Å². The maximum atomic E-state index is 12.8. The van der Waals surface area contributed by atoms with Crippen molar-refractivity contribution >= 4 is 22.6 Å². The Morgan fingerprint density at radius 1 is 0.967 bits per heavy atom. The van der Waals surface area contributed by atoms with Crippen molar-refractivity contribution in [1.29, 1.82) is 0 Å². The van der Waals surface area contributed by atoms with Gasteiger partial charge in [-0.15, -0.1) is 0 Å². The third kappa shape index (κ3) is 4.82. The minimum atomic E-state index is -0.106. The third-order valence-corrected chi connectivity index (χ3v) is 6.77. The summed E-state index contributed by atoms with van der Waals surface area (Å²) in [6.45, 7) is 6.95. The molecule has 6 heteroatoms. The number of rotatable bonds is 5. The molecule has 30 heavy (non-hydrogen) atoms. The lowest BCUT2D eigenvalue weighted by Crippen LogP contribution is -3.15. The average molecular weight is 412 g/mol. The summed E-state index contributed by atoms with van der Waals surface area (Å²) in [5.41, 5.74) is 1.39. The Labute approximate surface area is 178 Å². The molecule has 2 aromatic carbocycles. The number of hydrogen-bond acceptors (Lipinski definition) is 3. The van der Waals surface area contributed by atoms with Crippen LogP contribution in [0, 0.1) is 5.92 Å². The monoisotopic (exact) mass is 411 g/mol. The molecule has 0 saturated carbocycles. The van der Waals surface area contributed by atoms with E-state index in [-0.39, 0.29) is 17.8 Å². The highest BCUT2D eigenvalue weighted by Gasteiger charge is 2.31. The van der Waals surface area contributed by atoms with E-state index in [1.165, 1.54) is 28.3 Å². The molecule has 6 nitrogen and oxygen atoms in total. The number of methoxy groups -OCH3 is 1. The Balaban J connectivity index is 1.24. The fourth-order valence-electron chi connectivity index (χ4n) is 4.90. The summed E-state index contributed by atoms with van der Waals surface area (Å²) in [4.78, 5) is 29.3. The van der Waals surface area contributed by atoms with Crippen LogP contribution in [-0.2, 0) is 20.9 Å². The number of ether oxygens (including phenoxy) is 1. The molecule has 0 spiro atoms. The summed E-state index contributed by atoms with van der Waals surface area (Å²) in [6.07, 6.45) is 1.64. The second kappa shape index (κ2) is 9.58. The zero-order valence-electron chi connectivity index (χ0n) is 17.9. The van der Waals surface area contributed by atoms with Gasteiger partial charge in [0.05, 0.1) is 52.3 Å². The largest absolute Gasteiger partial charge is 0.469 e. The zero-order valence-corrected chi connectivity index (χ0v) is 17.9. The van der Waals surface area contributed by atoms with Gasteiger partial charge in [0, 0.05) is 18.4 Å². The Hall–Kier alpha value is -2.44. The standard InChI is InChI=1S/C24H31N3O3/c1-30-24(29)20-9-11-25(12-10-20)18-23(28)27-15-13-26(14-16-27)17-21-7-4-6-19-5-2-3-8-22(19)21/h2-8,20H,9-18H2,1H3/p+2. The first-order valence-electron chi connectivity index (χ1n) is 11.1. The van der Waals surface area contributed by atoms with E-state index in [1.807, 2.05) is 4.90 Å². The molecule has 2 aliphatic rings. The molecule has 1 amide bonds. The molecule has 0 bridgehead atoms. The van der Waals surface area contributed by atoms with Gasteiger partial charge in [-0.3, -0.25) is 9.59 Å². The van der Waals surface area contributed by atoms with Gasteiger partial charge in [-0.2, -0.15) is 0 Å². The van der Waals surface area contributed by atoms with E-state index < -0.39 is 0 Å². The molecule has 2 saturated heterocycles. The number of hydrogen-bond donors (Lipinski definition) is 2. The van der Waals surface area contributed by atoms with Crippen molar-refractivity contribution in [3.8, 4) is 0 Å². The number of amides is 1. The average Bonchev–Trinajstić information content (AvgIpc) is 2.80. The van der Waals surface area contributed by atoms with Gasteiger partial charge >= 0.3 is 5.97 Å². The molecule has 0 atom stereocenters. The fourth-order valence-corrected chi connectivity index (χ4v) is 4.90. The third-order valence-electron chi connectivity index (χ3n) is 6.77. The first-order valence-corrected chi connectivity index (χ1v) is 11.1. The van der Waals surface area contributed by atoms with E-state index in [0.717, 1.165) is 58.7 Å². The molecule has 2 N–H and O–H groups in total. The summed E-state index contributed by atoms with van der Waals surface area (Å²) < 4.78 is 4.85. The van der Waals surface area contributed by atoms with Crippen molar-refractivity contribution in [3.05, 3.63) is 48.0 Å². The van der Waals surface area contributed by atoms with Gasteiger partial charge in [0.25, 0.3) is 5.91 Å². The number of nitrogens with one attached hydrogen (secondary N) is 2. The molecule has 2 heterocycles. The minimum absolute atomic E-state index is 0.00932. The minimum Gasteiger partial charge on any atom is -0.469 e. The Morgan fingerprint density at radius 3 is 2.40 bits per heavy atom. The SMILES string of the molecule is COC(=O)C1CC[NH+](CC(=O)N2CC[NH+](Cc3cccc4ccccc34)CC2)CC1. The molecule has 2 aromatic rings. The zero-order chi connectivity index (χ0) is 20.9. The van der Waals surface area contributed by atoms with Crippen LogP contribution < -0.4 is 9.80 Å². The van der Waals surface area contributed by atoms with Crippen LogP contribution >= 0.6 is 0 Å². The van der Waals surface area contributed by atoms with Crippen LogP contribution in [0.25, 0.3) is 10.8 Å². The van der Waals surface area contributed by atoms with Gasteiger partial charge in [0.15, 0.2) is 6.54 Å². The number of carbonyl (C=O) groups is 2. The van der Waals surface area contributed by atoms with Crippen molar-refractivity contribution in [2.75, 3.05) is 52.9 Å². The summed E-state index contributed by atoms with van der Waals surface area (Å²) in [5.74, 6) is 0.159. The molecule has 0 radical (unpaired) electrons. The summed E-state index contributed by atoms with van der Waals surface area (Å²) in [5, 5.41) is 2.63. The highest BCUT2D eigenvalue weighted by Crippen LogP contribution is 2.17. The number of likely N-dealkylation sites (tertiary alicyclic amines) is 1. The van der Waals surface area contributed by atoms with Crippen LogP contribution in [0.5, 0.6) is 0 Å². The second-order valence-electron chi connectivity index (χ2n) is 8.67. The Bertz CT molecular complexity index is 879. The van der Waals surface area contributed by atoms with E-state index in [4.69, 9.17) is 4.74 Å². The summed E-state index contributed by atoms with van der Waals surface area (Å²) in [6, 6.07) is 15.1. The maximum Gasteiger partial charge on any atom is 0.309 e. The van der Waals surface area contributed by atoms with Gasteiger partial charge < -0.3 is 19.4 Å². The number of piperazine rings is 1. The Morgan fingerprint density at radius 2 is 1.67 bits per heavy atom. The number of nitrogens with zero attached hydrogens (tertiary/aromatic N) is 1. The lowest BCUT2D eigenvalue weighted by molar-refractivity contribution is -0.918. The maximum absolute atomic E-state index is 12.8. The van der Waals surface area contributed by atoms with E-state index >= 15 is 0 Å². The lowest BCUT2D eigenvalue weighted by atomic mass is 9.97. The normalized spacial score (nSPS) is 22.8. The molecular weight excluding hydrogens is 378 g/mol. The van der Waals surface area contributed by atoms with Gasteiger partial charge in [0.1, 0.15) is 6.54 Å². The molecule has 0 aromatic heterocycles. The number of benzene rings is 2. The molecule has 4 rings (SSSR count). The highest BCUT2D eigenvalue weighted by molar-refractivity contribution is 5.85. The van der Waals surface area contributed by atoms with E-state index in [1.54, 1.807) is 4.90 Å². The predicted molar refractivity (Wildman–Crippen MR) is 115 cm³/mol. The first kappa shape index (κ1) is 20.8. The number of piperidine rings is 1. The van der Waals surface area contributed by atoms with Crippen LogP contribution in [0.1, 0.15) is 18.4 Å². The van der Waals surface area contributed by atoms with Crippen LogP contribution in [0.2, 0.25) is 0 Å². The summed E-state index contributed by atoms with van der Waals surface area (Å²) >= 11 is 0. The number of carbonyl (C=O) groups excluding carboxylic acids is 2. The number of esters is 1. The van der Waals surface area contributed by atoms with E-state index in [2.05, 4.69) is 42.5 Å². The summed E-state index contributed by atoms with van der Waals surface area (Å²) in [7, 11) is 1.45. The van der Waals surface area contributed by atoms with Crippen molar-refractivity contribution in [3.63, 3.8) is 0 Å². The van der Waals surface area contributed by atoms with Crippen LogP contribution in [0.15, 0.2) is 42.5 Å². The Kier molecular flexibility index (Phi) is 6.65. The van der Waals surface area contributed by atoms with Crippen molar-refractivity contribution in [2.45, 2.75) is 19.4 Å². The molecule has 160 valence electrons. The van der Waals surface area contributed by atoms with Crippen LogP contribution in [-0.4, -0.2) is 69.7 Å². The fraction of sp³-hybridized carbons (Fsp3) is 0.500. The highest BCUT2D eigenvalue weighted by atomic mass is 16.5. The van der Waals surface area contributed by atoms with Crippen LogP contribution in [0.4, 0.5) is 0 Å². The molecule has 0 unspecified atom stereocenters. The first-order chi connectivity index (χ1) is 14.6. The molecular formula is C24H33N3O3+2. The topological polar surface area (TPSA) is 55.5 Å². The van der Waals surface area contributed by atoms with Gasteiger partial charge in [-0.25, -0.2) is 0 Å². The quantitative estimate of drug-likeness (QED) is 0.655. The number of fused-ring (bicyclic) bond motifs is 1. The van der Waals surface area contributed by atoms with E-state index in [0.29, 0.717) is 6.54 Å². The lowest BCUT2D eigenvalue weighted by Gasteiger charge is -2.34. The van der Waals surface area contributed by atoms with E-state index in [9.17, 15) is 9.59 Å². The molecule has 0 aliphatic carbocycles. The number of quaternary nitrogens is 2. The van der Waals surface area contributed by atoms with Crippen molar-refractivity contribution in [1.82, 2.24) is 4.90 Å². The van der Waals surface area contributed by atoms with Gasteiger partial charge in [0.2, 0.25) is 0 Å². The molecule has 2 fully saturated rings. The predicted octanol–water partition coefficient (Wildman–Crippen LogP) is -0.465. The van der Waals surface area contributed by atoms with Gasteiger partial charge in [-0.05, 0) is 10.8 Å². The second-order valence-corrected chi connectivity index (χ2v) is 8.67. The van der Waals surface area contributed by atoms with Crippen molar-refractivity contribution in [2.24, 2.45) is 5.92 Å². The molecule has 2 aliphatic heterocycles.